The van der Waals surface area contributed by atoms with Crippen LogP contribution in [-0.2, 0) is 26.2 Å². The van der Waals surface area contributed by atoms with E-state index in [1.807, 2.05) is 52.0 Å². The molecule has 0 saturated heterocycles. The Labute approximate surface area is 254 Å². The van der Waals surface area contributed by atoms with E-state index in [4.69, 9.17) is 14.2 Å². The maximum Gasteiger partial charge on any atom is 0.264 e. The van der Waals surface area contributed by atoms with E-state index in [0.717, 1.165) is 15.4 Å². The molecular formula is C32H41N3O7S. The number of methoxy groups -OCH3 is 2. The van der Waals surface area contributed by atoms with Crippen LogP contribution in [0.5, 0.6) is 17.2 Å². The molecule has 0 saturated carbocycles. The Morgan fingerprint density at radius 2 is 1.51 bits per heavy atom. The number of nitrogens with zero attached hydrogens (tertiary/aromatic N) is 2. The van der Waals surface area contributed by atoms with Gasteiger partial charge in [-0.2, -0.15) is 0 Å². The molecule has 10 nitrogen and oxygen atoms in total. The number of sulfonamides is 1. The van der Waals surface area contributed by atoms with Crippen LogP contribution in [0.4, 0.5) is 5.69 Å². The first-order valence-electron chi connectivity index (χ1n) is 14.0. The number of carbonyl (C=O) groups is 2. The fourth-order valence-electron chi connectivity index (χ4n) is 4.39. The van der Waals surface area contributed by atoms with E-state index in [9.17, 15) is 18.0 Å². The molecule has 0 aliphatic rings. The Bertz CT molecular complexity index is 1490. The second-order valence-electron chi connectivity index (χ2n) is 10.3. The van der Waals surface area contributed by atoms with Crippen molar-refractivity contribution in [3.8, 4) is 17.2 Å². The predicted octanol–water partition coefficient (Wildman–Crippen LogP) is 4.55. The Hall–Kier alpha value is -4.25. The minimum Gasteiger partial charge on any atom is -0.494 e. The predicted molar refractivity (Wildman–Crippen MR) is 166 cm³/mol. The maximum atomic E-state index is 14.2. The van der Waals surface area contributed by atoms with Gasteiger partial charge >= 0.3 is 0 Å². The molecule has 0 aromatic heterocycles. The Morgan fingerprint density at radius 1 is 0.884 bits per heavy atom. The van der Waals surface area contributed by atoms with Gasteiger partial charge in [0.05, 0.1) is 31.4 Å². The molecule has 0 aliphatic heterocycles. The van der Waals surface area contributed by atoms with Crippen LogP contribution in [0.3, 0.4) is 0 Å². The van der Waals surface area contributed by atoms with Crippen molar-refractivity contribution >= 4 is 27.5 Å². The summed E-state index contributed by atoms with van der Waals surface area (Å²) < 4.78 is 45.5. The summed E-state index contributed by atoms with van der Waals surface area (Å²) in [5.41, 5.74) is 2.11. The molecule has 2 amide bonds. The summed E-state index contributed by atoms with van der Waals surface area (Å²) in [6.45, 7) is 9.10. The molecule has 0 spiro atoms. The molecule has 11 heteroatoms. The molecule has 0 fully saturated rings. The normalized spacial score (nSPS) is 11.9. The lowest BCUT2D eigenvalue weighted by Crippen LogP contribution is -2.52. The summed E-state index contributed by atoms with van der Waals surface area (Å²) in [7, 11) is -1.43. The number of hydrogen-bond acceptors (Lipinski definition) is 7. The average molecular weight is 612 g/mol. The van der Waals surface area contributed by atoms with Gasteiger partial charge in [-0.15, -0.1) is 0 Å². The zero-order chi connectivity index (χ0) is 31.7. The number of hydrogen-bond donors (Lipinski definition) is 1. The lowest BCUT2D eigenvalue weighted by atomic mass is 10.1. The summed E-state index contributed by atoms with van der Waals surface area (Å²) in [4.78, 5) is 28.4. The van der Waals surface area contributed by atoms with Crippen LogP contribution in [-0.4, -0.2) is 64.6 Å². The fourth-order valence-corrected chi connectivity index (χ4v) is 5.82. The third-order valence-electron chi connectivity index (χ3n) is 6.73. The molecule has 0 radical (unpaired) electrons. The lowest BCUT2D eigenvalue weighted by molar-refractivity contribution is -0.139. The Morgan fingerprint density at radius 3 is 2.07 bits per heavy atom. The first-order valence-corrected chi connectivity index (χ1v) is 15.5. The van der Waals surface area contributed by atoms with E-state index in [2.05, 4.69) is 5.32 Å². The molecule has 1 unspecified atom stereocenters. The van der Waals surface area contributed by atoms with E-state index in [1.165, 1.54) is 37.3 Å². The zero-order valence-electron chi connectivity index (χ0n) is 25.8. The molecule has 3 aromatic carbocycles. The number of carbonyl (C=O) groups excluding carboxylic acids is 2. The molecule has 232 valence electrons. The molecule has 1 N–H and O–H groups in total. The largest absolute Gasteiger partial charge is 0.494 e. The number of aryl methyl sites for hydroxylation is 1. The van der Waals surface area contributed by atoms with Crippen LogP contribution in [0.2, 0.25) is 0 Å². The van der Waals surface area contributed by atoms with Crippen molar-refractivity contribution in [3.05, 3.63) is 77.9 Å². The van der Waals surface area contributed by atoms with Crippen LogP contribution in [0.25, 0.3) is 0 Å². The topological polar surface area (TPSA) is 114 Å². The molecule has 3 aromatic rings. The van der Waals surface area contributed by atoms with Gasteiger partial charge in [-0.05, 0) is 76.6 Å². The highest BCUT2D eigenvalue weighted by Gasteiger charge is 2.33. The summed E-state index contributed by atoms with van der Waals surface area (Å²) >= 11 is 0. The molecule has 43 heavy (non-hydrogen) atoms. The summed E-state index contributed by atoms with van der Waals surface area (Å²) in [5, 5.41) is 2.85. The van der Waals surface area contributed by atoms with Gasteiger partial charge < -0.3 is 24.4 Å². The van der Waals surface area contributed by atoms with Gasteiger partial charge in [-0.3, -0.25) is 13.9 Å². The van der Waals surface area contributed by atoms with Crippen LogP contribution in [0.15, 0.2) is 71.6 Å². The first-order chi connectivity index (χ1) is 20.4. The van der Waals surface area contributed by atoms with E-state index in [-0.39, 0.29) is 34.8 Å². The lowest BCUT2D eigenvalue weighted by Gasteiger charge is -2.32. The van der Waals surface area contributed by atoms with Gasteiger partial charge in [0.2, 0.25) is 11.8 Å². The van der Waals surface area contributed by atoms with Crippen LogP contribution in [0.1, 0.15) is 38.8 Å². The van der Waals surface area contributed by atoms with E-state index in [0.29, 0.717) is 18.1 Å². The monoisotopic (exact) mass is 611 g/mol. The van der Waals surface area contributed by atoms with Crippen LogP contribution < -0.4 is 23.8 Å². The second kappa shape index (κ2) is 14.8. The van der Waals surface area contributed by atoms with Crippen molar-refractivity contribution in [3.63, 3.8) is 0 Å². The number of benzene rings is 3. The summed E-state index contributed by atoms with van der Waals surface area (Å²) in [6.07, 6.45) is 0. The minimum atomic E-state index is -4.30. The highest BCUT2D eigenvalue weighted by Crippen LogP contribution is 2.33. The summed E-state index contributed by atoms with van der Waals surface area (Å²) in [6, 6.07) is 17.3. The molecule has 0 bridgehead atoms. The van der Waals surface area contributed by atoms with Crippen molar-refractivity contribution in [2.75, 3.05) is 31.7 Å². The van der Waals surface area contributed by atoms with Crippen molar-refractivity contribution in [2.45, 2.75) is 58.1 Å². The van der Waals surface area contributed by atoms with E-state index >= 15 is 0 Å². The molecule has 3 rings (SSSR count). The third-order valence-corrected chi connectivity index (χ3v) is 8.50. The number of ether oxygens (including phenoxy) is 3. The number of anilines is 1. The van der Waals surface area contributed by atoms with Gasteiger partial charge in [-0.1, -0.05) is 29.8 Å². The SMILES string of the molecule is CCOc1ccc(N(CC(=O)N(Cc2ccc(C)cc2)C(C)C(=O)NC(C)C)S(=O)(=O)c2ccc(OC)c(OC)c2)cc1. The van der Waals surface area contributed by atoms with Crippen LogP contribution in [0, 0.1) is 6.92 Å². The number of amides is 2. The van der Waals surface area contributed by atoms with Gasteiger partial charge in [-0.25, -0.2) is 8.42 Å². The smallest absolute Gasteiger partial charge is 0.264 e. The summed E-state index contributed by atoms with van der Waals surface area (Å²) in [5.74, 6) is 0.248. The Kier molecular flexibility index (Phi) is 11.4. The van der Waals surface area contributed by atoms with Crippen LogP contribution >= 0.6 is 0 Å². The standard InChI is InChI=1S/C32H41N3O7S/c1-8-42-27-15-13-26(14-16-27)35(43(38,39)28-17-18-29(40-6)30(19-28)41-7)21-31(36)34(24(5)32(37)33-22(2)3)20-25-11-9-23(4)10-12-25/h9-19,22,24H,8,20-21H2,1-7H3,(H,33,37). The second-order valence-corrected chi connectivity index (χ2v) is 12.2. The van der Waals surface area contributed by atoms with Gasteiger partial charge in [0.25, 0.3) is 10.0 Å². The Balaban J connectivity index is 2.08. The molecule has 1 atom stereocenters. The molecule has 0 heterocycles. The average Bonchev–Trinajstić information content (AvgIpc) is 2.98. The van der Waals surface area contributed by atoms with Gasteiger partial charge in [0.15, 0.2) is 11.5 Å². The van der Waals surface area contributed by atoms with Gasteiger partial charge in [0.1, 0.15) is 18.3 Å². The molecule has 0 aliphatic carbocycles. The van der Waals surface area contributed by atoms with Crippen molar-refractivity contribution < 1.29 is 32.2 Å². The van der Waals surface area contributed by atoms with E-state index < -0.39 is 28.5 Å². The first kappa shape index (κ1) is 33.3. The van der Waals surface area contributed by atoms with Crippen molar-refractivity contribution in [1.29, 1.82) is 0 Å². The minimum absolute atomic E-state index is 0.0949. The van der Waals surface area contributed by atoms with E-state index in [1.54, 1.807) is 31.2 Å². The highest BCUT2D eigenvalue weighted by molar-refractivity contribution is 7.92. The quantitative estimate of drug-likeness (QED) is 0.285. The number of rotatable bonds is 14. The highest BCUT2D eigenvalue weighted by atomic mass is 32.2. The third kappa shape index (κ3) is 8.41. The van der Waals surface area contributed by atoms with Crippen molar-refractivity contribution in [1.82, 2.24) is 10.2 Å². The molecular weight excluding hydrogens is 570 g/mol. The number of nitrogens with one attached hydrogen (secondary N) is 1. The van der Waals surface area contributed by atoms with Crippen molar-refractivity contribution in [2.24, 2.45) is 0 Å². The zero-order valence-corrected chi connectivity index (χ0v) is 26.6. The maximum absolute atomic E-state index is 14.2. The van der Waals surface area contributed by atoms with Gasteiger partial charge in [0, 0.05) is 18.7 Å². The fraction of sp³-hybridized carbons (Fsp3) is 0.375.